The highest BCUT2D eigenvalue weighted by Crippen LogP contribution is 2.41. The van der Waals surface area contributed by atoms with E-state index in [2.05, 4.69) is 30.9 Å². The van der Waals surface area contributed by atoms with Gasteiger partial charge < -0.3 is 20.1 Å². The molecule has 0 amide bonds. The lowest BCUT2D eigenvalue weighted by Crippen LogP contribution is -2.26. The fraction of sp³-hybridized carbons (Fsp3) is 0.429. The quantitative estimate of drug-likeness (QED) is 0.772. The van der Waals surface area contributed by atoms with Crippen LogP contribution in [-0.4, -0.2) is 25.7 Å². The molecule has 0 aromatic heterocycles. The highest BCUT2D eigenvalue weighted by molar-refractivity contribution is 5.92. The Morgan fingerprint density at radius 3 is 2.48 bits per heavy atom. The molecule has 0 spiro atoms. The van der Waals surface area contributed by atoms with Gasteiger partial charge in [0.25, 0.3) is 0 Å². The summed E-state index contributed by atoms with van der Waals surface area (Å²) in [6.07, 6.45) is 0. The van der Waals surface area contributed by atoms with E-state index in [0.717, 1.165) is 29.9 Å². The van der Waals surface area contributed by atoms with Crippen molar-refractivity contribution in [2.45, 2.75) is 40.5 Å². The second kappa shape index (κ2) is 8.63. The van der Waals surface area contributed by atoms with Gasteiger partial charge >= 0.3 is 5.97 Å². The number of rotatable bonds is 6. The van der Waals surface area contributed by atoms with Gasteiger partial charge in [0.05, 0.1) is 18.1 Å². The van der Waals surface area contributed by atoms with Crippen LogP contribution in [0.4, 0.5) is 5.69 Å². The van der Waals surface area contributed by atoms with Gasteiger partial charge in [-0.1, -0.05) is 6.07 Å². The molecule has 2 rings (SSSR count). The number of ether oxygens (including phenoxy) is 2. The molecule has 0 saturated heterocycles. The maximum atomic E-state index is 12.6. The predicted molar refractivity (Wildman–Crippen MR) is 105 cm³/mol. The van der Waals surface area contributed by atoms with E-state index >= 15 is 0 Å². The molecule has 0 bridgehead atoms. The van der Waals surface area contributed by atoms with Crippen molar-refractivity contribution in [3.05, 3.63) is 52.1 Å². The van der Waals surface area contributed by atoms with Crippen molar-refractivity contribution in [2.24, 2.45) is 5.73 Å². The second-order valence-corrected chi connectivity index (χ2v) is 6.33. The van der Waals surface area contributed by atoms with Gasteiger partial charge in [-0.3, -0.25) is 0 Å². The summed E-state index contributed by atoms with van der Waals surface area (Å²) >= 11 is 0. The summed E-state index contributed by atoms with van der Waals surface area (Å²) in [5, 5.41) is 9.67. The van der Waals surface area contributed by atoms with Crippen LogP contribution in [0.15, 0.2) is 41.0 Å². The van der Waals surface area contributed by atoms with Crippen LogP contribution >= 0.6 is 0 Å². The summed E-state index contributed by atoms with van der Waals surface area (Å²) in [6, 6.07) is 8.15. The number of nitrogens with zero attached hydrogens (tertiary/aromatic N) is 2. The van der Waals surface area contributed by atoms with Crippen molar-refractivity contribution in [1.29, 1.82) is 5.26 Å². The smallest absolute Gasteiger partial charge is 0.338 e. The van der Waals surface area contributed by atoms with Crippen LogP contribution in [0.3, 0.4) is 0 Å². The molecule has 6 nitrogen and oxygen atoms in total. The molecule has 0 fully saturated rings. The Morgan fingerprint density at radius 1 is 1.30 bits per heavy atom. The summed E-state index contributed by atoms with van der Waals surface area (Å²) in [5.74, 6) is -0.705. The van der Waals surface area contributed by atoms with Crippen molar-refractivity contribution in [3.63, 3.8) is 0 Å². The van der Waals surface area contributed by atoms with E-state index in [-0.39, 0.29) is 18.1 Å². The Kier molecular flexibility index (Phi) is 6.51. The number of allylic oxidation sites excluding steroid dienone is 2. The van der Waals surface area contributed by atoms with Gasteiger partial charge in [0.1, 0.15) is 17.4 Å². The lowest BCUT2D eigenvalue weighted by Gasteiger charge is -2.29. The number of carbonyl (C=O) groups is 1. The third-order valence-corrected chi connectivity index (χ3v) is 4.79. The fourth-order valence-corrected chi connectivity index (χ4v) is 3.44. The van der Waals surface area contributed by atoms with Gasteiger partial charge in [-0.2, -0.15) is 5.26 Å². The number of nitrogens with two attached hydrogens (primary N) is 1. The first-order valence-corrected chi connectivity index (χ1v) is 9.20. The first kappa shape index (κ1) is 20.4. The van der Waals surface area contributed by atoms with E-state index in [1.807, 2.05) is 19.1 Å². The van der Waals surface area contributed by atoms with Crippen molar-refractivity contribution in [2.75, 3.05) is 24.6 Å². The number of benzene rings is 1. The Bertz CT molecular complexity index is 830. The third kappa shape index (κ3) is 3.92. The maximum absolute atomic E-state index is 12.6. The topological polar surface area (TPSA) is 88.6 Å². The first-order chi connectivity index (χ1) is 12.9. The van der Waals surface area contributed by atoms with Crippen LogP contribution in [-0.2, 0) is 14.3 Å². The van der Waals surface area contributed by atoms with Gasteiger partial charge in [0.15, 0.2) is 0 Å². The minimum Gasteiger partial charge on any atom is -0.463 e. The molecule has 6 heteroatoms. The highest BCUT2D eigenvalue weighted by Gasteiger charge is 2.37. The number of hydrogen-bond donors (Lipinski definition) is 1. The van der Waals surface area contributed by atoms with Gasteiger partial charge in [-0.25, -0.2) is 4.79 Å². The molecule has 0 saturated carbocycles. The fourth-order valence-electron chi connectivity index (χ4n) is 3.44. The van der Waals surface area contributed by atoms with E-state index in [1.54, 1.807) is 13.8 Å². The number of esters is 1. The average Bonchev–Trinajstić information content (AvgIpc) is 2.62. The molecular formula is C21H27N3O3. The summed E-state index contributed by atoms with van der Waals surface area (Å²) < 4.78 is 10.7. The Labute approximate surface area is 160 Å². The zero-order valence-corrected chi connectivity index (χ0v) is 16.6. The van der Waals surface area contributed by atoms with Gasteiger partial charge in [0.2, 0.25) is 5.88 Å². The van der Waals surface area contributed by atoms with Crippen molar-refractivity contribution in [1.82, 2.24) is 0 Å². The predicted octanol–water partition coefficient (Wildman–Crippen LogP) is 3.49. The van der Waals surface area contributed by atoms with Crippen LogP contribution in [0.1, 0.15) is 44.7 Å². The largest absolute Gasteiger partial charge is 0.463 e. The molecule has 1 atom stereocenters. The standard InChI is InChI=1S/C21H27N3O3/c1-6-24(7-2)15-9-10-16(13(4)11-15)19-17(12-22)20(23)27-14(5)18(19)21(25)26-8-3/h9-11,19H,6-8,23H2,1-5H3. The number of aryl methyl sites for hydroxylation is 1. The van der Waals surface area contributed by atoms with Crippen molar-refractivity contribution < 1.29 is 14.3 Å². The summed E-state index contributed by atoms with van der Waals surface area (Å²) in [5.41, 5.74) is 9.42. The van der Waals surface area contributed by atoms with Crippen molar-refractivity contribution >= 4 is 11.7 Å². The molecule has 1 aliphatic rings. The zero-order valence-electron chi connectivity index (χ0n) is 16.6. The van der Waals surface area contributed by atoms with Crippen LogP contribution in [0, 0.1) is 18.3 Å². The summed E-state index contributed by atoms with van der Waals surface area (Å²) in [7, 11) is 0. The summed E-state index contributed by atoms with van der Waals surface area (Å²) in [4.78, 5) is 14.8. The Morgan fingerprint density at radius 2 is 1.96 bits per heavy atom. The van der Waals surface area contributed by atoms with E-state index in [1.165, 1.54) is 0 Å². The molecule has 1 aliphatic heterocycles. The van der Waals surface area contributed by atoms with Gasteiger partial charge in [0, 0.05) is 18.8 Å². The molecular weight excluding hydrogens is 342 g/mol. The molecule has 0 radical (unpaired) electrons. The lowest BCUT2D eigenvalue weighted by molar-refractivity contribution is -0.139. The third-order valence-electron chi connectivity index (χ3n) is 4.79. The minimum atomic E-state index is -0.603. The molecule has 144 valence electrons. The minimum absolute atomic E-state index is 0.0280. The van der Waals surface area contributed by atoms with Crippen LogP contribution in [0.5, 0.6) is 0 Å². The molecule has 1 unspecified atom stereocenters. The van der Waals surface area contributed by atoms with E-state index in [4.69, 9.17) is 15.2 Å². The summed E-state index contributed by atoms with van der Waals surface area (Å²) in [6.45, 7) is 11.6. The molecule has 0 aliphatic carbocycles. The van der Waals surface area contributed by atoms with Crippen LogP contribution in [0.25, 0.3) is 0 Å². The zero-order chi connectivity index (χ0) is 20.1. The number of hydrogen-bond acceptors (Lipinski definition) is 6. The molecule has 27 heavy (non-hydrogen) atoms. The van der Waals surface area contributed by atoms with Gasteiger partial charge in [-0.05, 0) is 57.9 Å². The molecule has 1 heterocycles. The number of nitriles is 1. The van der Waals surface area contributed by atoms with Crippen LogP contribution < -0.4 is 10.6 Å². The van der Waals surface area contributed by atoms with Gasteiger partial charge in [-0.15, -0.1) is 0 Å². The molecule has 2 N–H and O–H groups in total. The second-order valence-electron chi connectivity index (χ2n) is 6.33. The number of anilines is 1. The highest BCUT2D eigenvalue weighted by atomic mass is 16.5. The van der Waals surface area contributed by atoms with E-state index in [9.17, 15) is 10.1 Å². The first-order valence-electron chi connectivity index (χ1n) is 9.20. The monoisotopic (exact) mass is 369 g/mol. The normalized spacial score (nSPS) is 16.7. The maximum Gasteiger partial charge on any atom is 0.338 e. The van der Waals surface area contributed by atoms with E-state index < -0.39 is 11.9 Å². The van der Waals surface area contributed by atoms with E-state index in [0.29, 0.717) is 11.3 Å². The lowest BCUT2D eigenvalue weighted by atomic mass is 9.81. The molecule has 1 aromatic rings. The SMILES string of the molecule is CCOC(=O)C1=C(C)OC(N)=C(C#N)C1c1ccc(N(CC)CC)cc1C. The Hall–Kier alpha value is -2.94. The van der Waals surface area contributed by atoms with Crippen LogP contribution in [0.2, 0.25) is 0 Å². The number of carbonyl (C=O) groups excluding carboxylic acids is 1. The Balaban J connectivity index is 2.61. The average molecular weight is 369 g/mol. The van der Waals surface area contributed by atoms with Crippen molar-refractivity contribution in [3.8, 4) is 6.07 Å². The molecule has 1 aromatic carbocycles.